The van der Waals surface area contributed by atoms with Crippen molar-refractivity contribution in [1.29, 1.82) is 0 Å². The number of imidazole rings is 1. The number of phenolic OH excluding ortho intramolecular Hbond substituents is 2. The third-order valence-corrected chi connectivity index (χ3v) is 5.40. The summed E-state index contributed by atoms with van der Waals surface area (Å²) < 4.78 is 7.65. The molecule has 1 fully saturated rings. The molecule has 4 atom stereocenters. The van der Waals surface area contributed by atoms with Crippen molar-refractivity contribution < 1.29 is 30.0 Å². The van der Waals surface area contributed by atoms with Crippen LogP contribution in [0.1, 0.15) is 16.6 Å². The number of ether oxygens (including phenoxy) is 1. The third kappa shape index (κ3) is 3.98. The average molecular weight is 507 g/mol. The fourth-order valence-corrected chi connectivity index (χ4v) is 3.78. The molecule has 0 radical (unpaired) electrons. The van der Waals surface area contributed by atoms with Crippen LogP contribution in [0.15, 0.2) is 41.4 Å². The Labute approximate surface area is 189 Å². The van der Waals surface area contributed by atoms with E-state index in [2.05, 4.69) is 36.2 Å². The van der Waals surface area contributed by atoms with Gasteiger partial charge in [-0.1, -0.05) is 28.1 Å². The second-order valence-corrected chi connectivity index (χ2v) is 7.93. The first kappa shape index (κ1) is 22.0. The van der Waals surface area contributed by atoms with Crippen LogP contribution in [0.2, 0.25) is 0 Å². The number of rotatable bonds is 5. The Balaban J connectivity index is 1.42. The molecule has 1 saturated heterocycles. The molecule has 2 aromatic heterocycles. The number of carbonyl (C=O) groups is 1. The van der Waals surface area contributed by atoms with Crippen LogP contribution in [0, 0.1) is 0 Å². The van der Waals surface area contributed by atoms with Crippen molar-refractivity contribution in [3.8, 4) is 11.5 Å². The predicted molar refractivity (Wildman–Crippen MR) is 115 cm³/mol. The summed E-state index contributed by atoms with van der Waals surface area (Å²) in [5, 5.41) is 42.8. The van der Waals surface area contributed by atoms with Gasteiger partial charge in [-0.15, -0.1) is 0 Å². The Hall–Kier alpha value is -3.26. The summed E-state index contributed by atoms with van der Waals surface area (Å²) in [6, 6.07) is 2.63. The maximum absolute atomic E-state index is 12.3. The molecule has 1 aliphatic heterocycles. The average Bonchev–Trinajstić information content (AvgIpc) is 3.30. The number of aliphatic hydroxyl groups is 2. The first-order valence-corrected chi connectivity index (χ1v) is 10.2. The Morgan fingerprint density at radius 1 is 1.25 bits per heavy atom. The van der Waals surface area contributed by atoms with Crippen molar-refractivity contribution in [2.24, 2.45) is 0 Å². The van der Waals surface area contributed by atoms with E-state index in [4.69, 9.17) is 10.5 Å². The molecule has 0 aliphatic carbocycles. The van der Waals surface area contributed by atoms with Gasteiger partial charge < -0.3 is 36.2 Å². The molecular weight excluding hydrogens is 488 g/mol. The highest BCUT2D eigenvalue weighted by Gasteiger charge is 2.43. The number of anilines is 1. The fourth-order valence-electron chi connectivity index (χ4n) is 3.34. The van der Waals surface area contributed by atoms with Crippen molar-refractivity contribution in [2.75, 3.05) is 12.3 Å². The summed E-state index contributed by atoms with van der Waals surface area (Å²) in [7, 11) is 0. The molecule has 1 unspecified atom stereocenters. The topological polar surface area (TPSA) is 189 Å². The van der Waals surface area contributed by atoms with Crippen LogP contribution in [0.3, 0.4) is 0 Å². The van der Waals surface area contributed by atoms with Gasteiger partial charge in [-0.3, -0.25) is 9.36 Å². The van der Waals surface area contributed by atoms with Crippen molar-refractivity contribution >= 4 is 38.8 Å². The summed E-state index contributed by atoms with van der Waals surface area (Å²) in [4.78, 5) is 24.3. The van der Waals surface area contributed by atoms with Gasteiger partial charge in [0, 0.05) is 11.0 Å². The number of nitrogens with one attached hydrogen (secondary N) is 1. The van der Waals surface area contributed by atoms with Gasteiger partial charge in [0.15, 0.2) is 29.2 Å². The molecule has 1 amide bonds. The van der Waals surface area contributed by atoms with E-state index in [-0.39, 0.29) is 17.9 Å². The third-order valence-electron chi connectivity index (χ3n) is 4.94. The molecule has 13 heteroatoms. The molecule has 1 aromatic carbocycles. The zero-order valence-electron chi connectivity index (χ0n) is 16.3. The summed E-state index contributed by atoms with van der Waals surface area (Å²) in [6.07, 6.45) is 1.33. The number of aromatic nitrogens is 4. The normalized spacial score (nSPS) is 23.2. The number of aromatic hydroxyl groups is 2. The van der Waals surface area contributed by atoms with Gasteiger partial charge in [0.05, 0.1) is 11.9 Å². The molecule has 1 aliphatic rings. The van der Waals surface area contributed by atoms with Crippen LogP contribution >= 0.6 is 15.9 Å². The summed E-state index contributed by atoms with van der Waals surface area (Å²) in [5.74, 6) is -1.40. The Bertz CT molecular complexity index is 1200. The van der Waals surface area contributed by atoms with Gasteiger partial charge in [0.1, 0.15) is 30.2 Å². The van der Waals surface area contributed by atoms with Crippen molar-refractivity contribution in [3.05, 3.63) is 47.0 Å². The van der Waals surface area contributed by atoms with Crippen LogP contribution in [-0.2, 0) is 4.74 Å². The minimum absolute atomic E-state index is 0.0383. The second-order valence-electron chi connectivity index (χ2n) is 7.01. The Kier molecular flexibility index (Phi) is 5.97. The highest BCUT2D eigenvalue weighted by molar-refractivity contribution is 9.10. The lowest BCUT2D eigenvalue weighted by Gasteiger charge is -2.16. The molecule has 32 heavy (non-hydrogen) atoms. The lowest BCUT2D eigenvalue weighted by Crippen LogP contribution is -2.31. The quantitative estimate of drug-likeness (QED) is 0.205. The zero-order chi connectivity index (χ0) is 23.0. The van der Waals surface area contributed by atoms with Crippen molar-refractivity contribution in [1.82, 2.24) is 24.8 Å². The lowest BCUT2D eigenvalue weighted by molar-refractivity contribution is -0.0245. The van der Waals surface area contributed by atoms with E-state index in [0.29, 0.717) is 15.6 Å². The fraction of sp³-hybridized carbons (Fsp3) is 0.263. The van der Waals surface area contributed by atoms with Gasteiger partial charge in [-0.2, -0.15) is 0 Å². The van der Waals surface area contributed by atoms with Crippen molar-refractivity contribution in [2.45, 2.75) is 24.5 Å². The predicted octanol–water partition coefficient (Wildman–Crippen LogP) is 0.188. The van der Waals surface area contributed by atoms with Gasteiger partial charge in [0.25, 0.3) is 5.91 Å². The molecule has 0 saturated carbocycles. The van der Waals surface area contributed by atoms with Crippen molar-refractivity contribution in [3.63, 3.8) is 0 Å². The van der Waals surface area contributed by atoms with E-state index in [9.17, 15) is 25.2 Å². The van der Waals surface area contributed by atoms with Gasteiger partial charge >= 0.3 is 0 Å². The Morgan fingerprint density at radius 3 is 2.81 bits per heavy atom. The van der Waals surface area contributed by atoms with E-state index in [1.54, 1.807) is 0 Å². The summed E-state index contributed by atoms with van der Waals surface area (Å²) >= 11 is 3.14. The number of benzene rings is 1. The zero-order valence-corrected chi connectivity index (χ0v) is 17.9. The molecule has 7 N–H and O–H groups in total. The second kappa shape index (κ2) is 8.70. The first-order valence-electron chi connectivity index (χ1n) is 9.39. The molecule has 0 spiro atoms. The number of amides is 1. The molecular formula is C19H19BrN6O6. The number of carbonyl (C=O) groups excluding carboxylic acids is 1. The number of halogens is 1. The monoisotopic (exact) mass is 506 g/mol. The minimum atomic E-state index is -1.27. The van der Waals surface area contributed by atoms with Crippen LogP contribution in [0.4, 0.5) is 5.82 Å². The molecule has 3 aromatic rings. The SMILES string of the molecule is Nc1ncnc2c1ncn2[C@@H]1O[C@H](/C=C/CNC(=O)c2cc(Br)cc(O)c2O)[C@H](O)C1O. The molecule has 12 nitrogen and oxygen atoms in total. The molecule has 4 rings (SSSR count). The maximum atomic E-state index is 12.3. The van der Waals surface area contributed by atoms with Crippen LogP contribution in [0.5, 0.6) is 11.5 Å². The number of hydrogen-bond donors (Lipinski definition) is 6. The molecule has 0 bridgehead atoms. The number of nitrogen functional groups attached to an aromatic ring is 1. The van der Waals surface area contributed by atoms with Crippen LogP contribution in [0.25, 0.3) is 11.2 Å². The lowest BCUT2D eigenvalue weighted by atomic mass is 10.1. The smallest absolute Gasteiger partial charge is 0.255 e. The maximum Gasteiger partial charge on any atom is 0.255 e. The van der Waals surface area contributed by atoms with Crippen LogP contribution in [-0.4, -0.2) is 70.7 Å². The number of aliphatic hydroxyl groups excluding tert-OH is 2. The van der Waals surface area contributed by atoms with E-state index in [1.165, 1.54) is 41.5 Å². The van der Waals surface area contributed by atoms with Gasteiger partial charge in [-0.05, 0) is 12.1 Å². The number of phenols is 2. The van der Waals surface area contributed by atoms with Gasteiger partial charge in [0.2, 0.25) is 0 Å². The Morgan fingerprint density at radius 2 is 2.03 bits per heavy atom. The van der Waals surface area contributed by atoms with Crippen LogP contribution < -0.4 is 11.1 Å². The van der Waals surface area contributed by atoms with E-state index >= 15 is 0 Å². The van der Waals surface area contributed by atoms with E-state index in [0.717, 1.165) is 0 Å². The largest absolute Gasteiger partial charge is 0.504 e. The van der Waals surface area contributed by atoms with Gasteiger partial charge in [-0.25, -0.2) is 15.0 Å². The molecule has 3 heterocycles. The van der Waals surface area contributed by atoms with E-state index in [1.807, 2.05) is 0 Å². The standard InChI is InChI=1S/C19H19BrN6O6/c20-8-4-9(13(28)10(27)5-8)18(31)22-3-1-2-11-14(29)15(30)19(32-11)26-7-25-12-16(21)23-6-24-17(12)26/h1-2,4-7,11,14-15,19,27-30H,3H2,(H,22,31)(H2,21,23,24)/b2-1+/t11-,14+,15?,19-/m1/s1. The van der Waals surface area contributed by atoms with E-state index < -0.39 is 41.9 Å². The highest BCUT2D eigenvalue weighted by atomic mass is 79.9. The number of nitrogens with zero attached hydrogens (tertiary/aromatic N) is 4. The number of nitrogens with two attached hydrogens (primary N) is 1. The minimum Gasteiger partial charge on any atom is -0.504 e. The summed E-state index contributed by atoms with van der Waals surface area (Å²) in [6.45, 7) is 0.0383. The first-order chi connectivity index (χ1) is 15.3. The highest BCUT2D eigenvalue weighted by Crippen LogP contribution is 2.33. The molecule has 168 valence electrons. The summed E-state index contributed by atoms with van der Waals surface area (Å²) in [5.41, 5.74) is 6.37. The number of fused-ring (bicyclic) bond motifs is 1. The number of hydrogen-bond acceptors (Lipinski definition) is 10.